The van der Waals surface area contributed by atoms with Crippen molar-refractivity contribution in [3.05, 3.63) is 35.6 Å². The lowest BCUT2D eigenvalue weighted by Crippen LogP contribution is -2.41. The molecule has 2 aromatic heterocycles. The third-order valence-electron chi connectivity index (χ3n) is 4.26. The number of thiazole rings is 1. The van der Waals surface area contributed by atoms with E-state index in [1.165, 1.54) is 19.3 Å². The summed E-state index contributed by atoms with van der Waals surface area (Å²) in [5.41, 5.74) is 1.84. The zero-order valence-electron chi connectivity index (χ0n) is 12.8. The van der Waals surface area contributed by atoms with Crippen LogP contribution >= 0.6 is 11.3 Å². The molecule has 5 heteroatoms. The number of amides is 1. The fourth-order valence-electron chi connectivity index (χ4n) is 2.96. The van der Waals surface area contributed by atoms with Gasteiger partial charge in [-0.05, 0) is 30.9 Å². The quantitative estimate of drug-likeness (QED) is 0.940. The average Bonchev–Trinajstić information content (AvgIpc) is 2.99. The maximum atomic E-state index is 12.2. The molecule has 0 radical (unpaired) electrons. The molecule has 22 heavy (non-hydrogen) atoms. The summed E-state index contributed by atoms with van der Waals surface area (Å²) in [6.07, 6.45) is 8.73. The summed E-state index contributed by atoms with van der Waals surface area (Å²) in [7, 11) is 0. The molecule has 2 aromatic rings. The Kier molecular flexibility index (Phi) is 4.83. The fourth-order valence-corrected chi connectivity index (χ4v) is 3.77. The molecule has 1 aliphatic rings. The Balaban J connectivity index is 1.59. The second-order valence-electron chi connectivity index (χ2n) is 6.00. The van der Waals surface area contributed by atoms with Crippen molar-refractivity contribution in [3.8, 4) is 10.6 Å². The van der Waals surface area contributed by atoms with Crippen LogP contribution in [0.4, 0.5) is 0 Å². The van der Waals surface area contributed by atoms with Crippen LogP contribution in [0.3, 0.4) is 0 Å². The lowest BCUT2D eigenvalue weighted by Gasteiger charge is -2.29. The maximum absolute atomic E-state index is 12.2. The first kappa shape index (κ1) is 15.2. The van der Waals surface area contributed by atoms with Crippen molar-refractivity contribution >= 4 is 17.2 Å². The largest absolute Gasteiger partial charge is 0.353 e. The number of pyridine rings is 1. The molecule has 3 rings (SSSR count). The molecule has 4 nitrogen and oxygen atoms in total. The number of carbonyl (C=O) groups excluding carboxylic acids is 1. The minimum absolute atomic E-state index is 0.0850. The molecule has 1 saturated carbocycles. The van der Waals surface area contributed by atoms with Gasteiger partial charge >= 0.3 is 0 Å². The summed E-state index contributed by atoms with van der Waals surface area (Å²) < 4.78 is 0. The van der Waals surface area contributed by atoms with Gasteiger partial charge in [-0.15, -0.1) is 11.3 Å². The Morgan fingerprint density at radius 2 is 2.27 bits per heavy atom. The van der Waals surface area contributed by atoms with E-state index in [1.54, 1.807) is 23.7 Å². The Morgan fingerprint density at radius 1 is 1.41 bits per heavy atom. The van der Waals surface area contributed by atoms with E-state index < -0.39 is 0 Å². The summed E-state index contributed by atoms with van der Waals surface area (Å²) >= 11 is 1.56. The van der Waals surface area contributed by atoms with Gasteiger partial charge in [0.05, 0.1) is 12.1 Å². The van der Waals surface area contributed by atoms with E-state index in [2.05, 4.69) is 22.2 Å². The van der Waals surface area contributed by atoms with Crippen LogP contribution in [0.2, 0.25) is 0 Å². The van der Waals surface area contributed by atoms with E-state index >= 15 is 0 Å². The van der Waals surface area contributed by atoms with Crippen LogP contribution in [-0.4, -0.2) is 21.9 Å². The van der Waals surface area contributed by atoms with Gasteiger partial charge in [0.1, 0.15) is 5.01 Å². The number of hydrogen-bond donors (Lipinski definition) is 1. The Hall–Kier alpha value is -1.75. The van der Waals surface area contributed by atoms with E-state index in [4.69, 9.17) is 0 Å². The number of nitrogens with one attached hydrogen (secondary N) is 1. The van der Waals surface area contributed by atoms with Crippen molar-refractivity contribution in [2.24, 2.45) is 5.92 Å². The van der Waals surface area contributed by atoms with Crippen LogP contribution in [0, 0.1) is 5.92 Å². The lowest BCUT2D eigenvalue weighted by molar-refractivity contribution is -0.121. The number of rotatable bonds is 4. The van der Waals surface area contributed by atoms with Gasteiger partial charge in [-0.1, -0.05) is 19.8 Å². The highest BCUT2D eigenvalue weighted by molar-refractivity contribution is 7.13. The van der Waals surface area contributed by atoms with Crippen LogP contribution in [0.1, 0.15) is 38.3 Å². The molecule has 2 atom stereocenters. The Morgan fingerprint density at radius 3 is 3.05 bits per heavy atom. The number of carbonyl (C=O) groups is 1. The maximum Gasteiger partial charge on any atom is 0.226 e. The highest BCUT2D eigenvalue weighted by atomic mass is 32.1. The van der Waals surface area contributed by atoms with Crippen LogP contribution in [0.25, 0.3) is 10.6 Å². The van der Waals surface area contributed by atoms with E-state index in [1.807, 2.05) is 17.5 Å². The lowest BCUT2D eigenvalue weighted by atomic mass is 9.86. The first-order chi connectivity index (χ1) is 10.7. The molecule has 2 heterocycles. The predicted octanol–water partition coefficient (Wildman–Crippen LogP) is 3.44. The third kappa shape index (κ3) is 3.71. The van der Waals surface area contributed by atoms with Gasteiger partial charge in [0, 0.05) is 29.4 Å². The van der Waals surface area contributed by atoms with Gasteiger partial charge in [0.2, 0.25) is 5.91 Å². The van der Waals surface area contributed by atoms with Crippen LogP contribution in [0.5, 0.6) is 0 Å². The van der Waals surface area contributed by atoms with Crippen LogP contribution in [-0.2, 0) is 11.2 Å². The van der Waals surface area contributed by atoms with Crippen molar-refractivity contribution < 1.29 is 4.79 Å². The van der Waals surface area contributed by atoms with E-state index in [0.29, 0.717) is 18.4 Å². The van der Waals surface area contributed by atoms with E-state index in [-0.39, 0.29) is 5.91 Å². The Bertz CT molecular complexity index is 626. The number of aromatic nitrogens is 2. The van der Waals surface area contributed by atoms with Crippen molar-refractivity contribution in [2.75, 3.05) is 0 Å². The molecule has 2 unspecified atom stereocenters. The third-order valence-corrected chi connectivity index (χ3v) is 5.20. The molecule has 1 aliphatic carbocycles. The van der Waals surface area contributed by atoms with Gasteiger partial charge in [0.25, 0.3) is 0 Å². The highest BCUT2D eigenvalue weighted by Gasteiger charge is 2.23. The second-order valence-corrected chi connectivity index (χ2v) is 6.86. The molecule has 1 amide bonds. The van der Waals surface area contributed by atoms with Crippen LogP contribution < -0.4 is 5.32 Å². The molecule has 0 aromatic carbocycles. The summed E-state index contributed by atoms with van der Waals surface area (Å²) in [6.45, 7) is 2.23. The van der Waals surface area contributed by atoms with Gasteiger partial charge in [-0.3, -0.25) is 9.78 Å². The molecule has 1 N–H and O–H groups in total. The average molecular weight is 315 g/mol. The summed E-state index contributed by atoms with van der Waals surface area (Å²) in [6, 6.07) is 4.21. The second kappa shape index (κ2) is 7.01. The molecule has 0 saturated heterocycles. The first-order valence-electron chi connectivity index (χ1n) is 7.86. The van der Waals surface area contributed by atoms with Crippen molar-refractivity contribution in [1.29, 1.82) is 0 Å². The normalized spacial score (nSPS) is 21.5. The number of hydrogen-bond acceptors (Lipinski definition) is 4. The molecular weight excluding hydrogens is 294 g/mol. The van der Waals surface area contributed by atoms with Crippen molar-refractivity contribution in [2.45, 2.75) is 45.1 Å². The van der Waals surface area contributed by atoms with Gasteiger partial charge < -0.3 is 5.32 Å². The molecule has 116 valence electrons. The first-order valence-corrected chi connectivity index (χ1v) is 8.74. The predicted molar refractivity (Wildman–Crippen MR) is 88.6 cm³/mol. The van der Waals surface area contributed by atoms with Gasteiger partial charge in [-0.25, -0.2) is 4.98 Å². The zero-order chi connectivity index (χ0) is 15.4. The molecule has 0 bridgehead atoms. The SMILES string of the molecule is CC1CCCCC1NC(=O)Cc1csc(-c2cccnc2)n1. The Labute approximate surface area is 135 Å². The topological polar surface area (TPSA) is 54.9 Å². The minimum Gasteiger partial charge on any atom is -0.353 e. The van der Waals surface area contributed by atoms with E-state index in [9.17, 15) is 4.79 Å². The van der Waals surface area contributed by atoms with Crippen LogP contribution in [0.15, 0.2) is 29.9 Å². The van der Waals surface area contributed by atoms with Crippen molar-refractivity contribution in [3.63, 3.8) is 0 Å². The van der Waals surface area contributed by atoms with Gasteiger partial charge in [-0.2, -0.15) is 0 Å². The standard InChI is InChI=1S/C17H21N3OS/c1-12-5-2-3-7-15(12)20-16(21)9-14-11-22-17(19-14)13-6-4-8-18-10-13/h4,6,8,10-12,15H,2-3,5,7,9H2,1H3,(H,20,21). The zero-order valence-corrected chi connectivity index (χ0v) is 13.6. The summed E-state index contributed by atoms with van der Waals surface area (Å²) in [4.78, 5) is 20.9. The van der Waals surface area contributed by atoms with Crippen molar-refractivity contribution in [1.82, 2.24) is 15.3 Å². The highest BCUT2D eigenvalue weighted by Crippen LogP contribution is 2.25. The fraction of sp³-hybridized carbons (Fsp3) is 0.471. The summed E-state index contributed by atoms with van der Waals surface area (Å²) in [5, 5.41) is 6.06. The van der Waals surface area contributed by atoms with Gasteiger partial charge in [0.15, 0.2) is 0 Å². The monoisotopic (exact) mass is 315 g/mol. The number of nitrogens with zero attached hydrogens (tertiary/aromatic N) is 2. The molecule has 1 fully saturated rings. The molecule has 0 aliphatic heterocycles. The minimum atomic E-state index is 0.0850. The molecule has 0 spiro atoms. The molecular formula is C17H21N3OS. The van der Waals surface area contributed by atoms with E-state index in [0.717, 1.165) is 22.7 Å². The summed E-state index contributed by atoms with van der Waals surface area (Å²) in [5.74, 6) is 0.667. The smallest absolute Gasteiger partial charge is 0.226 e.